The van der Waals surface area contributed by atoms with Crippen LogP contribution in [0.25, 0.3) is 0 Å². The van der Waals surface area contributed by atoms with Crippen LogP contribution in [-0.2, 0) is 17.5 Å². The normalized spacial score (nSPS) is 14.8. The third kappa shape index (κ3) is 5.28. The molecule has 178 valence electrons. The van der Waals surface area contributed by atoms with E-state index in [9.17, 15) is 18.0 Å². The second kappa shape index (κ2) is 9.54. The molecule has 4 rings (SSSR count). The Balaban J connectivity index is 1.73. The average Bonchev–Trinajstić information content (AvgIpc) is 3.64. The van der Waals surface area contributed by atoms with Gasteiger partial charge in [0.15, 0.2) is 0 Å². The second-order valence-corrected chi connectivity index (χ2v) is 8.75. The van der Waals surface area contributed by atoms with E-state index >= 15 is 0 Å². The minimum Gasteiger partial charge on any atom is -0.314 e. The molecule has 8 heteroatoms. The number of hydrogen-bond donors (Lipinski definition) is 0. The number of carbonyl (C=O) groups excluding carboxylic acids is 1. The lowest BCUT2D eigenvalue weighted by Gasteiger charge is -2.34. The Morgan fingerprint density at radius 3 is 2.35 bits per heavy atom. The maximum atomic E-state index is 13.9. The Hall–Kier alpha value is -3.26. The van der Waals surface area contributed by atoms with Gasteiger partial charge in [-0.05, 0) is 49.9 Å². The summed E-state index contributed by atoms with van der Waals surface area (Å²) in [5.74, 6) is 0.402. The number of aromatic nitrogens is 2. The molecule has 5 nitrogen and oxygen atoms in total. The molecule has 1 aromatic heterocycles. The number of alkyl halides is 3. The zero-order valence-electron chi connectivity index (χ0n) is 19.4. The summed E-state index contributed by atoms with van der Waals surface area (Å²) < 4.78 is 39.9. The van der Waals surface area contributed by atoms with Crippen LogP contribution in [0.1, 0.15) is 47.0 Å². The minimum absolute atomic E-state index is 0.0927. The first-order chi connectivity index (χ1) is 16.1. The van der Waals surface area contributed by atoms with Crippen LogP contribution in [0.4, 0.5) is 18.9 Å². The summed E-state index contributed by atoms with van der Waals surface area (Å²) in [6, 6.07) is 12.3. The lowest BCUT2D eigenvalue weighted by molar-refractivity contribution is -0.137. The molecule has 0 saturated heterocycles. The maximum absolute atomic E-state index is 13.9. The van der Waals surface area contributed by atoms with Crippen molar-refractivity contribution in [2.45, 2.75) is 51.5 Å². The van der Waals surface area contributed by atoms with E-state index in [0.29, 0.717) is 17.0 Å². The Morgan fingerprint density at radius 2 is 1.74 bits per heavy atom. The standard InChI is InChI=1S/C26H27F3N4O/c1-17-7-4-5-10-23(17)32(3)25(34)24(20-14-30-18(2)31-15-20)33(22-11-12-22)16-19-8-6-9-21(13-19)26(27,28)29/h4-10,13-15,22,24H,11-12,16H2,1-3H3. The molecule has 0 aliphatic heterocycles. The Labute approximate surface area is 197 Å². The number of anilines is 1. The molecule has 0 radical (unpaired) electrons. The van der Waals surface area contributed by atoms with Crippen LogP contribution in [-0.4, -0.2) is 33.9 Å². The van der Waals surface area contributed by atoms with Crippen molar-refractivity contribution in [3.05, 3.63) is 89.0 Å². The summed E-state index contributed by atoms with van der Waals surface area (Å²) in [5, 5.41) is 0. The third-order valence-electron chi connectivity index (χ3n) is 6.12. The fraction of sp³-hybridized carbons (Fsp3) is 0.346. The molecule has 1 unspecified atom stereocenters. The van der Waals surface area contributed by atoms with Crippen LogP contribution in [0.15, 0.2) is 60.9 Å². The number of benzene rings is 2. The SMILES string of the molecule is Cc1ncc(C(C(=O)N(C)c2ccccc2C)N(Cc2cccc(C(F)(F)F)c2)C2CC2)cn1. The van der Waals surface area contributed by atoms with Crippen molar-refractivity contribution in [3.8, 4) is 0 Å². The number of para-hydroxylation sites is 1. The number of halogens is 3. The molecular weight excluding hydrogens is 441 g/mol. The predicted molar refractivity (Wildman–Crippen MR) is 124 cm³/mol. The summed E-state index contributed by atoms with van der Waals surface area (Å²) in [4.78, 5) is 26.1. The predicted octanol–water partition coefficient (Wildman–Crippen LogP) is 5.48. The first-order valence-electron chi connectivity index (χ1n) is 11.2. The van der Waals surface area contributed by atoms with Crippen molar-refractivity contribution in [1.29, 1.82) is 0 Å². The largest absolute Gasteiger partial charge is 0.416 e. The first kappa shape index (κ1) is 23.9. The summed E-state index contributed by atoms with van der Waals surface area (Å²) >= 11 is 0. The van der Waals surface area contributed by atoms with Gasteiger partial charge in [0.1, 0.15) is 11.9 Å². The molecule has 2 aromatic carbocycles. The molecule has 0 bridgehead atoms. The topological polar surface area (TPSA) is 49.3 Å². The summed E-state index contributed by atoms with van der Waals surface area (Å²) in [7, 11) is 1.72. The number of aryl methyl sites for hydroxylation is 2. The maximum Gasteiger partial charge on any atom is 0.416 e. The van der Waals surface area contributed by atoms with E-state index in [-0.39, 0.29) is 18.5 Å². The molecule has 1 fully saturated rings. The monoisotopic (exact) mass is 468 g/mol. The molecule has 1 aliphatic carbocycles. The van der Waals surface area contributed by atoms with Crippen LogP contribution in [0, 0.1) is 13.8 Å². The smallest absolute Gasteiger partial charge is 0.314 e. The lowest BCUT2D eigenvalue weighted by Crippen LogP contribution is -2.42. The molecule has 1 heterocycles. The Kier molecular flexibility index (Phi) is 6.70. The fourth-order valence-corrected chi connectivity index (χ4v) is 4.16. The number of hydrogen-bond acceptors (Lipinski definition) is 4. The molecular formula is C26H27F3N4O. The quantitative estimate of drug-likeness (QED) is 0.461. The number of carbonyl (C=O) groups is 1. The van der Waals surface area contributed by atoms with Gasteiger partial charge in [0.25, 0.3) is 0 Å². The van der Waals surface area contributed by atoms with Gasteiger partial charge in [-0.1, -0.05) is 36.4 Å². The van der Waals surface area contributed by atoms with Crippen molar-refractivity contribution in [3.63, 3.8) is 0 Å². The summed E-state index contributed by atoms with van der Waals surface area (Å²) in [5.41, 5.74) is 2.16. The second-order valence-electron chi connectivity index (χ2n) is 8.75. The van der Waals surface area contributed by atoms with Crippen LogP contribution >= 0.6 is 0 Å². The van der Waals surface area contributed by atoms with Gasteiger partial charge >= 0.3 is 6.18 Å². The number of rotatable bonds is 7. The van der Waals surface area contributed by atoms with Crippen LogP contribution in [0.3, 0.4) is 0 Å². The van der Waals surface area contributed by atoms with Gasteiger partial charge < -0.3 is 4.90 Å². The van der Waals surface area contributed by atoms with Crippen LogP contribution < -0.4 is 4.90 Å². The molecule has 1 amide bonds. The van der Waals surface area contributed by atoms with E-state index in [0.717, 1.165) is 36.2 Å². The van der Waals surface area contributed by atoms with Gasteiger partial charge in [0.05, 0.1) is 5.56 Å². The molecule has 0 spiro atoms. The van der Waals surface area contributed by atoms with Crippen LogP contribution in [0.2, 0.25) is 0 Å². The van der Waals surface area contributed by atoms with E-state index in [1.165, 1.54) is 6.07 Å². The van der Waals surface area contributed by atoms with Gasteiger partial charge in [-0.25, -0.2) is 9.97 Å². The van der Waals surface area contributed by atoms with Crippen molar-refractivity contribution in [1.82, 2.24) is 14.9 Å². The van der Waals surface area contributed by atoms with E-state index in [1.54, 1.807) is 37.3 Å². The van der Waals surface area contributed by atoms with E-state index in [4.69, 9.17) is 0 Å². The number of likely N-dealkylation sites (N-methyl/N-ethyl adjacent to an activating group) is 1. The van der Waals surface area contributed by atoms with Gasteiger partial charge in [0.2, 0.25) is 5.91 Å². The van der Waals surface area contributed by atoms with Crippen molar-refractivity contribution < 1.29 is 18.0 Å². The molecule has 34 heavy (non-hydrogen) atoms. The van der Waals surface area contributed by atoms with E-state index < -0.39 is 17.8 Å². The van der Waals surface area contributed by atoms with Gasteiger partial charge in [0, 0.05) is 43.3 Å². The zero-order valence-corrected chi connectivity index (χ0v) is 19.4. The van der Waals surface area contributed by atoms with Gasteiger partial charge in [-0.2, -0.15) is 13.2 Å². The Bertz CT molecular complexity index is 1160. The molecule has 0 N–H and O–H groups in total. The highest BCUT2D eigenvalue weighted by molar-refractivity contribution is 5.98. The van der Waals surface area contributed by atoms with Gasteiger partial charge in [-0.15, -0.1) is 0 Å². The van der Waals surface area contributed by atoms with Gasteiger partial charge in [-0.3, -0.25) is 9.69 Å². The minimum atomic E-state index is -4.43. The van der Waals surface area contributed by atoms with Crippen molar-refractivity contribution >= 4 is 11.6 Å². The summed E-state index contributed by atoms with van der Waals surface area (Å²) in [6.45, 7) is 3.91. The summed E-state index contributed by atoms with van der Waals surface area (Å²) in [6.07, 6.45) is 0.606. The zero-order chi connectivity index (χ0) is 24.5. The van der Waals surface area contributed by atoms with Crippen molar-refractivity contribution in [2.75, 3.05) is 11.9 Å². The molecule has 1 atom stereocenters. The van der Waals surface area contributed by atoms with Crippen molar-refractivity contribution in [2.24, 2.45) is 0 Å². The molecule has 1 saturated carbocycles. The first-order valence-corrected chi connectivity index (χ1v) is 11.2. The average molecular weight is 469 g/mol. The molecule has 1 aliphatic rings. The highest BCUT2D eigenvalue weighted by Gasteiger charge is 2.40. The van der Waals surface area contributed by atoms with Crippen LogP contribution in [0.5, 0.6) is 0 Å². The number of amides is 1. The molecule has 3 aromatic rings. The van der Waals surface area contributed by atoms with E-state index in [1.807, 2.05) is 36.1 Å². The number of nitrogens with zero attached hydrogens (tertiary/aromatic N) is 4. The fourth-order valence-electron chi connectivity index (χ4n) is 4.16. The highest BCUT2D eigenvalue weighted by Crippen LogP contribution is 2.38. The van der Waals surface area contributed by atoms with E-state index in [2.05, 4.69) is 9.97 Å². The third-order valence-corrected chi connectivity index (χ3v) is 6.12. The highest BCUT2D eigenvalue weighted by atomic mass is 19.4. The Morgan fingerprint density at radius 1 is 1.06 bits per heavy atom. The lowest BCUT2D eigenvalue weighted by atomic mass is 10.0.